The van der Waals surface area contributed by atoms with Crippen molar-refractivity contribution in [3.8, 4) is 6.07 Å². The highest BCUT2D eigenvalue weighted by Crippen LogP contribution is 2.05. The van der Waals surface area contributed by atoms with Crippen LogP contribution < -0.4 is 5.73 Å². The van der Waals surface area contributed by atoms with Crippen molar-refractivity contribution in [1.82, 2.24) is 0 Å². The minimum atomic E-state index is -0.215. The molecule has 0 saturated heterocycles. The second-order valence-corrected chi connectivity index (χ2v) is 2.96. The van der Waals surface area contributed by atoms with Crippen molar-refractivity contribution in [3.63, 3.8) is 0 Å². The van der Waals surface area contributed by atoms with E-state index in [2.05, 4.69) is 0 Å². The van der Waals surface area contributed by atoms with E-state index in [0.717, 1.165) is 5.56 Å². The Kier molecular flexibility index (Phi) is 3.44. The molecule has 0 heterocycles. The van der Waals surface area contributed by atoms with Crippen LogP contribution in [0.2, 0.25) is 0 Å². The van der Waals surface area contributed by atoms with Crippen molar-refractivity contribution < 1.29 is 5.11 Å². The summed E-state index contributed by atoms with van der Waals surface area (Å²) < 4.78 is 0. The highest BCUT2D eigenvalue weighted by Gasteiger charge is 2.01. The lowest BCUT2D eigenvalue weighted by atomic mass is 10.1. The fraction of sp³-hybridized carbons (Fsp3) is 0.300. The van der Waals surface area contributed by atoms with Gasteiger partial charge in [0.05, 0.1) is 18.2 Å². The molecule has 1 rings (SSSR count). The number of nitrogens with two attached hydrogens (primary N) is 1. The zero-order valence-electron chi connectivity index (χ0n) is 7.27. The van der Waals surface area contributed by atoms with E-state index in [9.17, 15) is 0 Å². The summed E-state index contributed by atoms with van der Waals surface area (Å²) in [4.78, 5) is 0. The molecule has 0 radical (unpaired) electrons. The minimum Gasteiger partial charge on any atom is -0.395 e. The van der Waals surface area contributed by atoms with Crippen LogP contribution in [0.15, 0.2) is 24.3 Å². The van der Waals surface area contributed by atoms with Gasteiger partial charge in [0.25, 0.3) is 0 Å². The highest BCUT2D eigenvalue weighted by atomic mass is 16.3. The molecule has 0 amide bonds. The Morgan fingerprint density at radius 2 is 2.00 bits per heavy atom. The Morgan fingerprint density at radius 3 is 2.46 bits per heavy atom. The maximum atomic E-state index is 8.72. The topological polar surface area (TPSA) is 70.0 Å². The molecule has 3 heteroatoms. The molecule has 68 valence electrons. The Morgan fingerprint density at radius 1 is 1.38 bits per heavy atom. The molecule has 0 fully saturated rings. The monoisotopic (exact) mass is 176 g/mol. The first kappa shape index (κ1) is 9.72. The number of aliphatic hydroxyl groups excluding tert-OH is 1. The molecule has 0 aliphatic heterocycles. The van der Waals surface area contributed by atoms with E-state index in [0.29, 0.717) is 12.0 Å². The zero-order chi connectivity index (χ0) is 9.68. The second kappa shape index (κ2) is 4.61. The van der Waals surface area contributed by atoms with Crippen LogP contribution in [0, 0.1) is 11.3 Å². The van der Waals surface area contributed by atoms with Gasteiger partial charge in [0.1, 0.15) is 0 Å². The van der Waals surface area contributed by atoms with Crippen molar-refractivity contribution in [2.75, 3.05) is 6.61 Å². The Bertz CT molecular complexity index is 300. The van der Waals surface area contributed by atoms with E-state index in [-0.39, 0.29) is 12.6 Å². The lowest BCUT2D eigenvalue weighted by molar-refractivity contribution is 0.265. The molecule has 1 aromatic rings. The molecular weight excluding hydrogens is 164 g/mol. The third-order valence-electron chi connectivity index (χ3n) is 1.82. The molecule has 3 nitrogen and oxygen atoms in total. The number of benzene rings is 1. The summed E-state index contributed by atoms with van der Waals surface area (Å²) in [6.07, 6.45) is 0.641. The van der Waals surface area contributed by atoms with Crippen LogP contribution in [-0.4, -0.2) is 17.8 Å². The normalized spacial score (nSPS) is 12.1. The van der Waals surface area contributed by atoms with Gasteiger partial charge in [-0.25, -0.2) is 0 Å². The number of nitrogens with zero attached hydrogens (tertiary/aromatic N) is 1. The van der Waals surface area contributed by atoms with Crippen LogP contribution in [0.4, 0.5) is 0 Å². The van der Waals surface area contributed by atoms with Crippen molar-refractivity contribution in [1.29, 1.82) is 5.26 Å². The summed E-state index contributed by atoms with van der Waals surface area (Å²) in [5.41, 5.74) is 7.24. The number of rotatable bonds is 3. The summed E-state index contributed by atoms with van der Waals surface area (Å²) >= 11 is 0. The minimum absolute atomic E-state index is 0.0139. The number of hydrogen-bond donors (Lipinski definition) is 2. The van der Waals surface area contributed by atoms with Crippen LogP contribution >= 0.6 is 0 Å². The average Bonchev–Trinajstić information content (AvgIpc) is 2.19. The molecule has 1 aromatic carbocycles. The summed E-state index contributed by atoms with van der Waals surface area (Å²) in [7, 11) is 0. The van der Waals surface area contributed by atoms with Gasteiger partial charge < -0.3 is 10.8 Å². The van der Waals surface area contributed by atoms with Crippen molar-refractivity contribution in [3.05, 3.63) is 35.4 Å². The van der Waals surface area contributed by atoms with E-state index in [1.807, 2.05) is 18.2 Å². The zero-order valence-corrected chi connectivity index (χ0v) is 7.27. The fourth-order valence-corrected chi connectivity index (χ4v) is 1.08. The van der Waals surface area contributed by atoms with E-state index < -0.39 is 0 Å². The molecule has 0 saturated carbocycles. The predicted octanol–water partition coefficient (Wildman–Crippen LogP) is 0.420. The first-order valence-electron chi connectivity index (χ1n) is 4.11. The quantitative estimate of drug-likeness (QED) is 0.701. The van der Waals surface area contributed by atoms with E-state index in [4.69, 9.17) is 16.1 Å². The largest absolute Gasteiger partial charge is 0.395 e. The molecule has 1 atom stereocenters. The summed E-state index contributed by atoms with van der Waals surface area (Å²) in [6, 6.07) is 9.04. The fourth-order valence-electron chi connectivity index (χ4n) is 1.08. The summed E-state index contributed by atoms with van der Waals surface area (Å²) in [5.74, 6) is 0. The van der Waals surface area contributed by atoms with E-state index in [1.54, 1.807) is 12.1 Å². The predicted molar refractivity (Wildman–Crippen MR) is 49.9 cm³/mol. The van der Waals surface area contributed by atoms with Crippen LogP contribution in [0.25, 0.3) is 0 Å². The Labute approximate surface area is 77.4 Å². The van der Waals surface area contributed by atoms with Crippen LogP contribution in [-0.2, 0) is 6.42 Å². The first-order valence-corrected chi connectivity index (χ1v) is 4.11. The lowest BCUT2D eigenvalue weighted by Crippen LogP contribution is -2.26. The van der Waals surface area contributed by atoms with Gasteiger partial charge in [0.15, 0.2) is 0 Å². The number of aliphatic hydroxyl groups is 1. The van der Waals surface area contributed by atoms with Gasteiger partial charge in [-0.05, 0) is 24.1 Å². The summed E-state index contributed by atoms with van der Waals surface area (Å²) in [6.45, 7) is -0.0139. The van der Waals surface area contributed by atoms with Crippen molar-refractivity contribution in [2.24, 2.45) is 5.73 Å². The highest BCUT2D eigenvalue weighted by molar-refractivity contribution is 5.31. The van der Waals surface area contributed by atoms with Gasteiger partial charge in [-0.1, -0.05) is 12.1 Å². The maximum absolute atomic E-state index is 8.72. The second-order valence-electron chi connectivity index (χ2n) is 2.96. The molecule has 0 spiro atoms. The van der Waals surface area contributed by atoms with Gasteiger partial charge >= 0.3 is 0 Å². The lowest BCUT2D eigenvalue weighted by Gasteiger charge is -2.07. The van der Waals surface area contributed by atoms with E-state index >= 15 is 0 Å². The molecule has 0 aliphatic rings. The van der Waals surface area contributed by atoms with Crippen LogP contribution in [0.3, 0.4) is 0 Å². The van der Waals surface area contributed by atoms with Crippen LogP contribution in [0.1, 0.15) is 11.1 Å². The molecule has 0 aromatic heterocycles. The third-order valence-corrected chi connectivity index (χ3v) is 1.82. The van der Waals surface area contributed by atoms with Gasteiger partial charge in [-0.2, -0.15) is 5.26 Å². The van der Waals surface area contributed by atoms with Gasteiger partial charge in [0.2, 0.25) is 0 Å². The van der Waals surface area contributed by atoms with Crippen molar-refractivity contribution in [2.45, 2.75) is 12.5 Å². The average molecular weight is 176 g/mol. The summed E-state index contributed by atoms with van der Waals surface area (Å²) in [5, 5.41) is 17.3. The standard InChI is InChI=1S/C10H12N2O/c11-6-9-3-1-8(2-4-9)5-10(12)7-13/h1-4,10,13H,5,7,12H2. The van der Waals surface area contributed by atoms with E-state index in [1.165, 1.54) is 0 Å². The number of nitriles is 1. The SMILES string of the molecule is N#Cc1ccc(CC(N)CO)cc1. The molecule has 3 N–H and O–H groups in total. The Hall–Kier alpha value is -1.37. The van der Waals surface area contributed by atoms with Gasteiger partial charge in [0, 0.05) is 6.04 Å². The van der Waals surface area contributed by atoms with Gasteiger partial charge in [-0.3, -0.25) is 0 Å². The molecule has 1 unspecified atom stereocenters. The molecule has 0 aliphatic carbocycles. The number of hydrogen-bond acceptors (Lipinski definition) is 3. The molecule has 13 heavy (non-hydrogen) atoms. The maximum Gasteiger partial charge on any atom is 0.0991 e. The Balaban J connectivity index is 2.65. The third kappa shape index (κ3) is 2.86. The molecule has 0 bridgehead atoms. The molecular formula is C10H12N2O. The van der Waals surface area contributed by atoms with Crippen molar-refractivity contribution >= 4 is 0 Å². The smallest absolute Gasteiger partial charge is 0.0991 e. The van der Waals surface area contributed by atoms with Crippen LogP contribution in [0.5, 0.6) is 0 Å². The van der Waals surface area contributed by atoms with Gasteiger partial charge in [-0.15, -0.1) is 0 Å². The first-order chi connectivity index (χ1) is 6.26.